The maximum atomic E-state index is 12.2. The number of aromatic nitrogens is 4. The highest BCUT2D eigenvalue weighted by molar-refractivity contribution is 5.91. The number of hydrogen-bond acceptors (Lipinski definition) is 6. The Labute approximate surface area is 152 Å². The minimum atomic E-state index is -0.177. The SMILES string of the molecule is CCn1cc(CN2C[C@@H]3[C@@H](CNC(=O)c4cnccn4)CO[C@@H]3C2)cn1. The maximum Gasteiger partial charge on any atom is 0.271 e. The average Bonchev–Trinajstić information content (AvgIpc) is 3.37. The Bertz CT molecular complexity index is 749. The fourth-order valence-corrected chi connectivity index (χ4v) is 3.87. The summed E-state index contributed by atoms with van der Waals surface area (Å²) in [6.07, 6.45) is 8.87. The van der Waals surface area contributed by atoms with E-state index in [1.807, 2.05) is 10.9 Å². The molecule has 1 amide bonds. The molecule has 0 bridgehead atoms. The maximum absolute atomic E-state index is 12.2. The van der Waals surface area contributed by atoms with Crippen LogP contribution in [0.5, 0.6) is 0 Å². The van der Waals surface area contributed by atoms with Crippen LogP contribution in [0.3, 0.4) is 0 Å². The third-order valence-corrected chi connectivity index (χ3v) is 5.25. The van der Waals surface area contributed by atoms with E-state index in [0.717, 1.165) is 26.2 Å². The molecule has 2 aliphatic heterocycles. The summed E-state index contributed by atoms with van der Waals surface area (Å²) in [5.41, 5.74) is 1.59. The van der Waals surface area contributed by atoms with Crippen molar-refractivity contribution >= 4 is 5.91 Å². The molecule has 2 aromatic heterocycles. The van der Waals surface area contributed by atoms with Gasteiger partial charge in [0.05, 0.1) is 25.1 Å². The number of ether oxygens (including phenoxy) is 1. The molecular formula is C18H24N6O2. The zero-order valence-corrected chi connectivity index (χ0v) is 14.9. The highest BCUT2D eigenvalue weighted by Gasteiger charge is 2.43. The van der Waals surface area contributed by atoms with E-state index in [1.54, 1.807) is 6.20 Å². The van der Waals surface area contributed by atoms with Crippen molar-refractivity contribution in [2.24, 2.45) is 11.8 Å². The van der Waals surface area contributed by atoms with Crippen molar-refractivity contribution in [3.8, 4) is 0 Å². The van der Waals surface area contributed by atoms with Gasteiger partial charge in [0, 0.05) is 68.7 Å². The second kappa shape index (κ2) is 7.51. The predicted molar refractivity (Wildman–Crippen MR) is 94.3 cm³/mol. The summed E-state index contributed by atoms with van der Waals surface area (Å²) in [6.45, 7) is 7.13. The molecule has 0 aromatic carbocycles. The molecule has 2 aromatic rings. The number of carbonyl (C=O) groups is 1. The van der Waals surface area contributed by atoms with Crippen molar-refractivity contribution in [2.75, 3.05) is 26.2 Å². The van der Waals surface area contributed by atoms with E-state index in [9.17, 15) is 4.79 Å². The van der Waals surface area contributed by atoms with Crippen LogP contribution < -0.4 is 5.32 Å². The molecular weight excluding hydrogens is 332 g/mol. The van der Waals surface area contributed by atoms with Gasteiger partial charge in [0.25, 0.3) is 5.91 Å². The van der Waals surface area contributed by atoms with Gasteiger partial charge in [-0.25, -0.2) is 4.98 Å². The molecule has 26 heavy (non-hydrogen) atoms. The van der Waals surface area contributed by atoms with Gasteiger partial charge in [0.15, 0.2) is 0 Å². The molecule has 0 spiro atoms. The van der Waals surface area contributed by atoms with Gasteiger partial charge in [0.2, 0.25) is 0 Å². The van der Waals surface area contributed by atoms with E-state index < -0.39 is 0 Å². The van der Waals surface area contributed by atoms with Gasteiger partial charge < -0.3 is 10.1 Å². The topological polar surface area (TPSA) is 85.2 Å². The number of fused-ring (bicyclic) bond motifs is 1. The number of likely N-dealkylation sites (tertiary alicyclic amines) is 1. The van der Waals surface area contributed by atoms with Crippen molar-refractivity contribution in [2.45, 2.75) is 26.1 Å². The van der Waals surface area contributed by atoms with E-state index in [4.69, 9.17) is 4.74 Å². The Morgan fingerprint density at radius 3 is 3.04 bits per heavy atom. The summed E-state index contributed by atoms with van der Waals surface area (Å²) < 4.78 is 7.93. The number of nitrogens with zero attached hydrogens (tertiary/aromatic N) is 5. The van der Waals surface area contributed by atoms with Crippen LogP contribution in [-0.4, -0.2) is 62.9 Å². The number of nitrogens with one attached hydrogen (secondary N) is 1. The van der Waals surface area contributed by atoms with Gasteiger partial charge in [-0.3, -0.25) is 19.4 Å². The lowest BCUT2D eigenvalue weighted by Crippen LogP contribution is -2.34. The molecule has 4 heterocycles. The third kappa shape index (κ3) is 3.61. The molecule has 138 valence electrons. The first-order valence-electron chi connectivity index (χ1n) is 9.12. The van der Waals surface area contributed by atoms with Crippen LogP contribution >= 0.6 is 0 Å². The van der Waals surface area contributed by atoms with Crippen LogP contribution in [0.2, 0.25) is 0 Å². The van der Waals surface area contributed by atoms with Crippen LogP contribution in [0.15, 0.2) is 31.0 Å². The van der Waals surface area contributed by atoms with Gasteiger partial charge in [-0.1, -0.05) is 0 Å². The normalized spacial score (nSPS) is 25.3. The molecule has 0 saturated carbocycles. The van der Waals surface area contributed by atoms with Crippen molar-refractivity contribution in [3.63, 3.8) is 0 Å². The quantitative estimate of drug-likeness (QED) is 0.815. The van der Waals surface area contributed by atoms with E-state index in [1.165, 1.54) is 18.0 Å². The summed E-state index contributed by atoms with van der Waals surface area (Å²) in [5.74, 6) is 0.616. The largest absolute Gasteiger partial charge is 0.376 e. The van der Waals surface area contributed by atoms with Gasteiger partial charge >= 0.3 is 0 Å². The Morgan fingerprint density at radius 1 is 1.35 bits per heavy atom. The van der Waals surface area contributed by atoms with Crippen molar-refractivity contribution in [1.29, 1.82) is 0 Å². The number of aryl methyl sites for hydroxylation is 1. The number of amides is 1. The Hall–Kier alpha value is -2.32. The summed E-state index contributed by atoms with van der Waals surface area (Å²) in [7, 11) is 0. The average molecular weight is 356 g/mol. The predicted octanol–water partition coefficient (Wildman–Crippen LogP) is 0.570. The second-order valence-corrected chi connectivity index (χ2v) is 6.99. The fraction of sp³-hybridized carbons (Fsp3) is 0.556. The highest BCUT2D eigenvalue weighted by Crippen LogP contribution is 2.34. The second-order valence-electron chi connectivity index (χ2n) is 6.99. The monoisotopic (exact) mass is 356 g/mol. The van der Waals surface area contributed by atoms with Crippen molar-refractivity contribution in [1.82, 2.24) is 30.0 Å². The highest BCUT2D eigenvalue weighted by atomic mass is 16.5. The molecule has 2 fully saturated rings. The molecule has 8 nitrogen and oxygen atoms in total. The minimum Gasteiger partial charge on any atom is -0.376 e. The first kappa shape index (κ1) is 17.1. The molecule has 2 saturated heterocycles. The molecule has 2 aliphatic rings. The van der Waals surface area contributed by atoms with Gasteiger partial charge in [-0.2, -0.15) is 5.10 Å². The Kier molecular flexibility index (Phi) is 4.94. The van der Waals surface area contributed by atoms with E-state index in [0.29, 0.717) is 30.7 Å². The van der Waals surface area contributed by atoms with Crippen LogP contribution in [0.4, 0.5) is 0 Å². The summed E-state index contributed by atoms with van der Waals surface area (Å²) >= 11 is 0. The minimum absolute atomic E-state index is 0.177. The summed E-state index contributed by atoms with van der Waals surface area (Å²) in [4.78, 5) is 22.5. The lowest BCUT2D eigenvalue weighted by molar-refractivity contribution is 0.0901. The molecule has 0 aliphatic carbocycles. The van der Waals surface area contributed by atoms with Gasteiger partial charge in [0.1, 0.15) is 5.69 Å². The van der Waals surface area contributed by atoms with Crippen LogP contribution in [0, 0.1) is 11.8 Å². The number of hydrogen-bond donors (Lipinski definition) is 1. The first-order chi connectivity index (χ1) is 12.7. The fourth-order valence-electron chi connectivity index (χ4n) is 3.87. The number of carbonyl (C=O) groups excluding carboxylic acids is 1. The number of rotatable bonds is 6. The molecule has 8 heteroatoms. The smallest absolute Gasteiger partial charge is 0.271 e. The first-order valence-corrected chi connectivity index (χ1v) is 9.12. The zero-order valence-electron chi connectivity index (χ0n) is 14.9. The Morgan fingerprint density at radius 2 is 2.27 bits per heavy atom. The van der Waals surface area contributed by atoms with Crippen LogP contribution in [0.1, 0.15) is 23.0 Å². The van der Waals surface area contributed by atoms with Gasteiger partial charge in [-0.15, -0.1) is 0 Å². The lowest BCUT2D eigenvalue weighted by atomic mass is 9.93. The molecule has 0 unspecified atom stereocenters. The van der Waals surface area contributed by atoms with E-state index in [-0.39, 0.29) is 12.0 Å². The summed E-state index contributed by atoms with van der Waals surface area (Å²) in [5, 5.41) is 7.32. The lowest BCUT2D eigenvalue weighted by Gasteiger charge is -2.19. The molecule has 1 N–H and O–H groups in total. The van der Waals surface area contributed by atoms with E-state index in [2.05, 4.69) is 38.4 Å². The molecule has 3 atom stereocenters. The van der Waals surface area contributed by atoms with E-state index >= 15 is 0 Å². The Balaban J connectivity index is 1.29. The standard InChI is InChI=1S/C18H24N6O2/c1-2-24-9-13(5-22-24)8-23-10-15-14(12-26-17(15)11-23)6-21-18(25)16-7-19-3-4-20-16/h3-5,7,9,14-15,17H,2,6,8,10-12H2,1H3,(H,21,25)/t14-,15+,17+/m0/s1. The van der Waals surface area contributed by atoms with Gasteiger partial charge in [-0.05, 0) is 6.92 Å². The zero-order chi connectivity index (χ0) is 17.9. The van der Waals surface area contributed by atoms with Crippen molar-refractivity contribution < 1.29 is 9.53 Å². The third-order valence-electron chi connectivity index (χ3n) is 5.25. The summed E-state index contributed by atoms with van der Waals surface area (Å²) in [6, 6.07) is 0. The van der Waals surface area contributed by atoms with Crippen LogP contribution in [-0.2, 0) is 17.8 Å². The van der Waals surface area contributed by atoms with Crippen LogP contribution in [0.25, 0.3) is 0 Å². The molecule has 0 radical (unpaired) electrons. The van der Waals surface area contributed by atoms with Crippen molar-refractivity contribution in [3.05, 3.63) is 42.2 Å². The molecule has 4 rings (SSSR count).